The van der Waals surface area contributed by atoms with Crippen molar-refractivity contribution in [1.29, 1.82) is 0 Å². The molecular formula is C17H25NO. The molecule has 104 valence electrons. The predicted octanol–water partition coefficient (Wildman–Crippen LogP) is 3.07. The average Bonchev–Trinajstić information content (AvgIpc) is 3.15. The predicted molar refractivity (Wildman–Crippen MR) is 78.2 cm³/mol. The van der Waals surface area contributed by atoms with Crippen molar-refractivity contribution >= 4 is 0 Å². The number of rotatable bonds is 6. The summed E-state index contributed by atoms with van der Waals surface area (Å²) in [7, 11) is 0. The summed E-state index contributed by atoms with van der Waals surface area (Å²) in [5, 5.41) is 13.2. The zero-order valence-corrected chi connectivity index (χ0v) is 11.6. The first-order valence-electron chi connectivity index (χ1n) is 7.77. The van der Waals surface area contributed by atoms with Gasteiger partial charge in [0.15, 0.2) is 0 Å². The minimum Gasteiger partial charge on any atom is -0.395 e. The van der Waals surface area contributed by atoms with Crippen molar-refractivity contribution in [3.05, 3.63) is 35.9 Å². The third-order valence-electron chi connectivity index (χ3n) is 4.71. The Labute approximate surface area is 116 Å². The number of aliphatic hydroxyl groups is 1. The largest absolute Gasteiger partial charge is 0.395 e. The molecule has 2 aliphatic carbocycles. The van der Waals surface area contributed by atoms with Crippen molar-refractivity contribution in [2.75, 3.05) is 6.61 Å². The van der Waals surface area contributed by atoms with Crippen molar-refractivity contribution in [2.24, 2.45) is 5.92 Å². The van der Waals surface area contributed by atoms with Crippen LogP contribution in [0.15, 0.2) is 30.3 Å². The first-order valence-corrected chi connectivity index (χ1v) is 7.77. The normalized spacial score (nSPS) is 28.5. The van der Waals surface area contributed by atoms with E-state index in [2.05, 4.69) is 35.6 Å². The van der Waals surface area contributed by atoms with E-state index < -0.39 is 0 Å². The lowest BCUT2D eigenvalue weighted by atomic mass is 9.97. The van der Waals surface area contributed by atoms with Gasteiger partial charge < -0.3 is 10.4 Å². The quantitative estimate of drug-likeness (QED) is 0.823. The highest BCUT2D eigenvalue weighted by Gasteiger charge is 2.30. The topological polar surface area (TPSA) is 32.3 Å². The third-order valence-corrected chi connectivity index (χ3v) is 4.71. The Morgan fingerprint density at radius 1 is 1.11 bits per heavy atom. The van der Waals surface area contributed by atoms with Crippen molar-refractivity contribution in [2.45, 2.75) is 56.5 Å². The molecule has 0 radical (unpaired) electrons. The molecule has 2 fully saturated rings. The van der Waals surface area contributed by atoms with Gasteiger partial charge in [0.2, 0.25) is 0 Å². The summed E-state index contributed by atoms with van der Waals surface area (Å²) in [5.74, 6) is 1.59. The van der Waals surface area contributed by atoms with Gasteiger partial charge in [0.25, 0.3) is 0 Å². The van der Waals surface area contributed by atoms with Crippen LogP contribution in [0, 0.1) is 5.92 Å². The van der Waals surface area contributed by atoms with Gasteiger partial charge in [0, 0.05) is 12.1 Å². The maximum atomic E-state index is 9.48. The Balaban J connectivity index is 1.50. The van der Waals surface area contributed by atoms with Gasteiger partial charge in [-0.2, -0.15) is 0 Å². The average molecular weight is 259 g/mol. The van der Waals surface area contributed by atoms with Crippen LogP contribution in [0.3, 0.4) is 0 Å². The summed E-state index contributed by atoms with van der Waals surface area (Å²) in [6.07, 6.45) is 7.67. The SMILES string of the molecule is OCC(CC1CC1)NC1CCC(c2ccccc2)C1. The van der Waals surface area contributed by atoms with Crippen molar-refractivity contribution in [1.82, 2.24) is 5.32 Å². The van der Waals surface area contributed by atoms with E-state index in [1.165, 1.54) is 44.1 Å². The molecule has 0 spiro atoms. The summed E-state index contributed by atoms with van der Waals surface area (Å²) >= 11 is 0. The van der Waals surface area contributed by atoms with Crippen molar-refractivity contribution < 1.29 is 5.11 Å². The van der Waals surface area contributed by atoms with Gasteiger partial charge in [0.1, 0.15) is 0 Å². The van der Waals surface area contributed by atoms with E-state index in [1.54, 1.807) is 0 Å². The second-order valence-electron chi connectivity index (χ2n) is 6.34. The molecule has 2 N–H and O–H groups in total. The fourth-order valence-electron chi connectivity index (χ4n) is 3.45. The van der Waals surface area contributed by atoms with Crippen LogP contribution in [0.25, 0.3) is 0 Å². The highest BCUT2D eigenvalue weighted by Crippen LogP contribution is 2.36. The molecule has 0 aromatic heterocycles. The van der Waals surface area contributed by atoms with E-state index >= 15 is 0 Å². The number of hydrogen-bond acceptors (Lipinski definition) is 2. The van der Waals surface area contributed by atoms with Crippen LogP contribution in [0.1, 0.15) is 50.0 Å². The molecule has 0 bridgehead atoms. The van der Waals surface area contributed by atoms with Crippen molar-refractivity contribution in [3.63, 3.8) is 0 Å². The van der Waals surface area contributed by atoms with Gasteiger partial charge in [-0.3, -0.25) is 0 Å². The molecule has 2 aliphatic rings. The molecular weight excluding hydrogens is 234 g/mol. The molecule has 2 heteroatoms. The van der Waals surface area contributed by atoms with E-state index in [0.717, 1.165) is 5.92 Å². The van der Waals surface area contributed by atoms with E-state index in [4.69, 9.17) is 0 Å². The summed E-state index contributed by atoms with van der Waals surface area (Å²) in [5.41, 5.74) is 1.48. The third kappa shape index (κ3) is 3.58. The van der Waals surface area contributed by atoms with Gasteiger partial charge in [-0.25, -0.2) is 0 Å². The van der Waals surface area contributed by atoms with Crippen LogP contribution in [0.2, 0.25) is 0 Å². The maximum absolute atomic E-state index is 9.48. The van der Waals surface area contributed by atoms with Gasteiger partial charge in [-0.15, -0.1) is 0 Å². The van der Waals surface area contributed by atoms with Gasteiger partial charge in [0.05, 0.1) is 6.61 Å². The van der Waals surface area contributed by atoms with Gasteiger partial charge in [-0.1, -0.05) is 43.2 Å². The fourth-order valence-corrected chi connectivity index (χ4v) is 3.45. The van der Waals surface area contributed by atoms with E-state index in [-0.39, 0.29) is 0 Å². The molecule has 0 aliphatic heterocycles. The Morgan fingerprint density at radius 2 is 1.89 bits per heavy atom. The van der Waals surface area contributed by atoms with E-state index in [9.17, 15) is 5.11 Å². The van der Waals surface area contributed by atoms with Crippen LogP contribution in [-0.2, 0) is 0 Å². The smallest absolute Gasteiger partial charge is 0.0584 e. The van der Waals surface area contributed by atoms with Crippen LogP contribution in [-0.4, -0.2) is 23.8 Å². The molecule has 2 saturated carbocycles. The van der Waals surface area contributed by atoms with Gasteiger partial charge >= 0.3 is 0 Å². The monoisotopic (exact) mass is 259 g/mol. The Hall–Kier alpha value is -0.860. The molecule has 3 rings (SSSR count). The zero-order chi connectivity index (χ0) is 13.1. The molecule has 0 amide bonds. The maximum Gasteiger partial charge on any atom is 0.0584 e. The molecule has 1 aromatic rings. The Morgan fingerprint density at radius 3 is 2.58 bits per heavy atom. The summed E-state index contributed by atoms with van der Waals surface area (Å²) in [6, 6.07) is 11.8. The van der Waals surface area contributed by atoms with E-state index in [0.29, 0.717) is 24.6 Å². The second kappa shape index (κ2) is 6.06. The Bertz CT molecular complexity index is 388. The van der Waals surface area contributed by atoms with Crippen LogP contribution in [0.4, 0.5) is 0 Å². The first-order chi connectivity index (χ1) is 9.35. The molecule has 19 heavy (non-hydrogen) atoms. The minimum atomic E-state index is 0.295. The minimum absolute atomic E-state index is 0.295. The number of aliphatic hydroxyl groups excluding tert-OH is 1. The lowest BCUT2D eigenvalue weighted by molar-refractivity contribution is 0.219. The molecule has 3 unspecified atom stereocenters. The summed E-state index contributed by atoms with van der Waals surface area (Å²) < 4.78 is 0. The highest BCUT2D eigenvalue weighted by molar-refractivity contribution is 5.21. The van der Waals surface area contributed by atoms with E-state index in [1.807, 2.05) is 0 Å². The Kier molecular flexibility index (Phi) is 4.19. The highest BCUT2D eigenvalue weighted by atomic mass is 16.3. The van der Waals surface area contributed by atoms with Crippen LogP contribution < -0.4 is 5.32 Å². The molecule has 0 saturated heterocycles. The second-order valence-corrected chi connectivity index (χ2v) is 6.34. The summed E-state index contributed by atoms with van der Waals surface area (Å²) in [6.45, 7) is 0.295. The van der Waals surface area contributed by atoms with Crippen LogP contribution in [0.5, 0.6) is 0 Å². The molecule has 3 atom stereocenters. The molecule has 1 aromatic carbocycles. The van der Waals surface area contributed by atoms with Crippen molar-refractivity contribution in [3.8, 4) is 0 Å². The van der Waals surface area contributed by atoms with Crippen LogP contribution >= 0.6 is 0 Å². The summed E-state index contributed by atoms with van der Waals surface area (Å²) in [4.78, 5) is 0. The number of nitrogens with one attached hydrogen (secondary N) is 1. The molecule has 0 heterocycles. The lowest BCUT2D eigenvalue weighted by Gasteiger charge is -2.21. The first kappa shape index (κ1) is 13.1. The standard InChI is InChI=1S/C17H25NO/c19-12-17(10-13-6-7-13)18-16-9-8-15(11-16)14-4-2-1-3-5-14/h1-5,13,15-19H,6-12H2. The van der Waals surface area contributed by atoms with Gasteiger partial charge in [-0.05, 0) is 43.1 Å². The number of benzene rings is 1. The zero-order valence-electron chi connectivity index (χ0n) is 11.6. The number of hydrogen-bond donors (Lipinski definition) is 2. The molecule has 2 nitrogen and oxygen atoms in total. The fraction of sp³-hybridized carbons (Fsp3) is 0.647. The lowest BCUT2D eigenvalue weighted by Crippen LogP contribution is -2.39.